The fraction of sp³-hybridized carbons (Fsp3) is 0.444. The Morgan fingerprint density at radius 3 is 3.06 bits per heavy atom. The summed E-state index contributed by atoms with van der Waals surface area (Å²) in [6.07, 6.45) is 1.05. The van der Waals surface area contributed by atoms with Gasteiger partial charge in [0.25, 0.3) is 0 Å². The Balaban J connectivity index is 2.45. The molecule has 0 bridgehead atoms. The second-order valence-electron chi connectivity index (χ2n) is 3.77. The number of nitrogens with one attached hydrogen (secondary N) is 1. The van der Waals surface area contributed by atoms with Crippen molar-refractivity contribution in [2.24, 2.45) is 0 Å². The minimum atomic E-state index is -0.592. The molecule has 1 N–H and O–H groups in total. The highest BCUT2D eigenvalue weighted by Gasteiger charge is 2.32. The molecular weight excluding hydrogens is 262 g/mol. The zero-order valence-electron chi connectivity index (χ0n) is 9.46. The molecule has 18 heavy (non-hydrogen) atoms. The second-order valence-corrected chi connectivity index (χ2v) is 4.10. The van der Waals surface area contributed by atoms with Gasteiger partial charge in [0.1, 0.15) is 12.2 Å². The zero-order valence-corrected chi connectivity index (χ0v) is 10.2. The summed E-state index contributed by atoms with van der Waals surface area (Å²) in [5.74, 6) is -0.132. The largest absolute Gasteiger partial charge is 0.353 e. The highest BCUT2D eigenvalue weighted by Crippen LogP contribution is 2.28. The predicted octanol–water partition coefficient (Wildman–Crippen LogP) is 0.363. The first-order valence-corrected chi connectivity index (χ1v) is 5.60. The van der Waals surface area contributed by atoms with Gasteiger partial charge in [-0.3, -0.25) is 14.9 Å². The molecule has 9 heteroatoms. The molecule has 1 amide bonds. The van der Waals surface area contributed by atoms with Crippen LogP contribution in [-0.2, 0) is 4.79 Å². The minimum Gasteiger partial charge on any atom is -0.353 e. The predicted molar refractivity (Wildman–Crippen MR) is 63.5 cm³/mol. The number of anilines is 1. The van der Waals surface area contributed by atoms with E-state index >= 15 is 0 Å². The van der Waals surface area contributed by atoms with Crippen molar-refractivity contribution in [3.05, 3.63) is 21.6 Å². The van der Waals surface area contributed by atoms with Crippen LogP contribution in [0.4, 0.5) is 11.5 Å². The molecule has 1 saturated heterocycles. The number of carbonyl (C=O) groups is 1. The molecule has 1 aromatic heterocycles. The van der Waals surface area contributed by atoms with E-state index in [4.69, 9.17) is 11.6 Å². The maximum atomic E-state index is 11.5. The zero-order chi connectivity index (χ0) is 13.3. The monoisotopic (exact) mass is 271 g/mol. The van der Waals surface area contributed by atoms with Gasteiger partial charge in [-0.2, -0.15) is 4.98 Å². The molecule has 1 fully saturated rings. The Morgan fingerprint density at radius 2 is 2.39 bits per heavy atom. The van der Waals surface area contributed by atoms with Crippen molar-refractivity contribution in [2.75, 3.05) is 18.0 Å². The first-order valence-electron chi connectivity index (χ1n) is 5.22. The lowest BCUT2D eigenvalue weighted by Gasteiger charge is -2.33. The first-order chi connectivity index (χ1) is 8.50. The summed E-state index contributed by atoms with van der Waals surface area (Å²) >= 11 is 5.65. The molecular formula is C9H10ClN5O3. The van der Waals surface area contributed by atoms with E-state index in [0.717, 1.165) is 6.20 Å². The Labute approximate surface area is 107 Å². The molecule has 2 heterocycles. The third kappa shape index (κ3) is 2.19. The van der Waals surface area contributed by atoms with Crippen molar-refractivity contribution in [3.63, 3.8) is 0 Å². The van der Waals surface area contributed by atoms with E-state index in [1.54, 1.807) is 11.8 Å². The van der Waals surface area contributed by atoms with Crippen molar-refractivity contribution in [2.45, 2.75) is 13.0 Å². The molecule has 0 spiro atoms. The summed E-state index contributed by atoms with van der Waals surface area (Å²) in [6.45, 7) is 2.48. The van der Waals surface area contributed by atoms with Crippen molar-refractivity contribution < 1.29 is 9.72 Å². The number of piperazine rings is 1. The van der Waals surface area contributed by atoms with Gasteiger partial charge in [0.15, 0.2) is 0 Å². The lowest BCUT2D eigenvalue weighted by molar-refractivity contribution is -0.384. The SMILES string of the molecule is CC1C(=O)NCCN1c1nc(Cl)ncc1[N+](=O)[O-]. The number of hydrogen-bond acceptors (Lipinski definition) is 6. The molecule has 0 aromatic carbocycles. The van der Waals surface area contributed by atoms with Crippen LogP contribution in [-0.4, -0.2) is 39.9 Å². The highest BCUT2D eigenvalue weighted by molar-refractivity contribution is 6.28. The number of aromatic nitrogens is 2. The third-order valence-electron chi connectivity index (χ3n) is 2.69. The van der Waals surface area contributed by atoms with E-state index in [-0.39, 0.29) is 22.7 Å². The fourth-order valence-electron chi connectivity index (χ4n) is 1.76. The Kier molecular flexibility index (Phi) is 3.28. The number of nitrogens with zero attached hydrogens (tertiary/aromatic N) is 4. The molecule has 1 unspecified atom stereocenters. The highest BCUT2D eigenvalue weighted by atomic mass is 35.5. The summed E-state index contributed by atoms with van der Waals surface area (Å²) in [5.41, 5.74) is -0.263. The number of amides is 1. The number of halogens is 1. The number of nitro groups is 1. The summed E-state index contributed by atoms with van der Waals surface area (Å²) in [6, 6.07) is -0.539. The number of hydrogen-bond donors (Lipinski definition) is 1. The summed E-state index contributed by atoms with van der Waals surface area (Å²) in [4.78, 5) is 30.9. The lowest BCUT2D eigenvalue weighted by Crippen LogP contribution is -2.54. The quantitative estimate of drug-likeness (QED) is 0.473. The smallest absolute Gasteiger partial charge is 0.329 e. The molecule has 2 rings (SSSR count). The van der Waals surface area contributed by atoms with Crippen LogP contribution in [0, 0.1) is 10.1 Å². The van der Waals surface area contributed by atoms with Crippen LogP contribution in [0.1, 0.15) is 6.92 Å². The molecule has 1 aliphatic heterocycles. The van der Waals surface area contributed by atoms with Crippen LogP contribution in [0.5, 0.6) is 0 Å². The van der Waals surface area contributed by atoms with Gasteiger partial charge in [0.05, 0.1) is 4.92 Å². The molecule has 0 radical (unpaired) electrons. The van der Waals surface area contributed by atoms with Gasteiger partial charge in [-0.15, -0.1) is 0 Å². The van der Waals surface area contributed by atoms with E-state index < -0.39 is 11.0 Å². The van der Waals surface area contributed by atoms with E-state index in [1.807, 2.05) is 0 Å². The molecule has 0 aliphatic carbocycles. The minimum absolute atomic E-state index is 0.0716. The molecule has 8 nitrogen and oxygen atoms in total. The fourth-order valence-corrected chi connectivity index (χ4v) is 1.89. The second kappa shape index (κ2) is 4.73. The van der Waals surface area contributed by atoms with Crippen LogP contribution >= 0.6 is 11.6 Å². The third-order valence-corrected chi connectivity index (χ3v) is 2.87. The topological polar surface area (TPSA) is 101 Å². The molecule has 1 atom stereocenters. The van der Waals surface area contributed by atoms with Crippen LogP contribution in [0.25, 0.3) is 0 Å². The van der Waals surface area contributed by atoms with Crippen molar-refractivity contribution >= 4 is 29.0 Å². The molecule has 0 saturated carbocycles. The molecule has 1 aromatic rings. The summed E-state index contributed by atoms with van der Waals surface area (Å²) < 4.78 is 0. The van der Waals surface area contributed by atoms with Crippen LogP contribution < -0.4 is 10.2 Å². The van der Waals surface area contributed by atoms with Gasteiger partial charge in [-0.1, -0.05) is 0 Å². The Hall–Kier alpha value is -1.96. The van der Waals surface area contributed by atoms with Gasteiger partial charge in [0, 0.05) is 13.1 Å². The average molecular weight is 272 g/mol. The average Bonchev–Trinajstić information content (AvgIpc) is 2.32. The normalized spacial score (nSPS) is 19.6. The van der Waals surface area contributed by atoms with Crippen molar-refractivity contribution in [1.82, 2.24) is 15.3 Å². The lowest BCUT2D eigenvalue weighted by atomic mass is 10.2. The number of rotatable bonds is 2. The molecule has 1 aliphatic rings. The Bertz CT molecular complexity index is 509. The van der Waals surface area contributed by atoms with Gasteiger partial charge in [0.2, 0.25) is 17.0 Å². The molecule has 96 valence electrons. The number of carbonyl (C=O) groups excluding carboxylic acids is 1. The van der Waals surface area contributed by atoms with E-state index in [1.165, 1.54) is 0 Å². The summed E-state index contributed by atoms with van der Waals surface area (Å²) in [5, 5.41) is 13.5. The van der Waals surface area contributed by atoms with Gasteiger partial charge in [-0.25, -0.2) is 4.98 Å². The van der Waals surface area contributed by atoms with Crippen molar-refractivity contribution in [1.29, 1.82) is 0 Å². The van der Waals surface area contributed by atoms with Gasteiger partial charge >= 0.3 is 5.69 Å². The van der Waals surface area contributed by atoms with E-state index in [0.29, 0.717) is 13.1 Å². The van der Waals surface area contributed by atoms with Crippen LogP contribution in [0.2, 0.25) is 5.28 Å². The van der Waals surface area contributed by atoms with Crippen molar-refractivity contribution in [3.8, 4) is 0 Å². The maximum Gasteiger partial charge on any atom is 0.329 e. The van der Waals surface area contributed by atoms with Crippen LogP contribution in [0.15, 0.2) is 6.20 Å². The maximum absolute atomic E-state index is 11.5. The van der Waals surface area contributed by atoms with E-state index in [2.05, 4.69) is 15.3 Å². The summed E-state index contributed by atoms with van der Waals surface area (Å²) in [7, 11) is 0. The van der Waals surface area contributed by atoms with E-state index in [9.17, 15) is 14.9 Å². The first kappa shape index (κ1) is 12.5. The standard InChI is InChI=1S/C9H10ClN5O3/c1-5-8(16)11-2-3-14(5)7-6(15(17)18)4-12-9(10)13-7/h4-5H,2-3H2,1H3,(H,11,16). The van der Waals surface area contributed by atoms with Gasteiger partial charge < -0.3 is 10.2 Å². The Morgan fingerprint density at radius 1 is 1.67 bits per heavy atom. The van der Waals surface area contributed by atoms with Crippen LogP contribution in [0.3, 0.4) is 0 Å². The van der Waals surface area contributed by atoms with Gasteiger partial charge in [-0.05, 0) is 18.5 Å².